The number of amides is 2. The molecule has 4 heterocycles. The predicted molar refractivity (Wildman–Crippen MR) is 102 cm³/mol. The van der Waals surface area contributed by atoms with Crippen molar-refractivity contribution in [2.24, 2.45) is 0 Å². The number of nitrogens with one attached hydrogen (secondary N) is 2. The Hall–Kier alpha value is -3.82. The van der Waals surface area contributed by atoms with Gasteiger partial charge < -0.3 is 15.2 Å². The number of rotatable bonds is 3. The molecule has 0 spiro atoms. The predicted octanol–water partition coefficient (Wildman–Crippen LogP) is 3.14. The van der Waals surface area contributed by atoms with Crippen LogP contribution in [0, 0.1) is 5.82 Å². The van der Waals surface area contributed by atoms with Gasteiger partial charge in [-0.1, -0.05) is 0 Å². The molecule has 8 nitrogen and oxygen atoms in total. The van der Waals surface area contributed by atoms with Gasteiger partial charge in [-0.3, -0.25) is 0 Å². The zero-order valence-corrected chi connectivity index (χ0v) is 15.0. The second kappa shape index (κ2) is 6.66. The molecule has 0 unspecified atom stereocenters. The van der Waals surface area contributed by atoms with Crippen LogP contribution in [-0.4, -0.2) is 54.9 Å². The summed E-state index contributed by atoms with van der Waals surface area (Å²) in [5, 5.41) is 7.70. The first kappa shape index (κ1) is 17.3. The molecule has 0 saturated carbocycles. The number of anilines is 1. The zero-order chi connectivity index (χ0) is 20.0. The molecule has 0 radical (unpaired) electrons. The Balaban J connectivity index is 1.45. The maximum Gasteiger partial charge on any atom is 0.322 e. The lowest BCUT2D eigenvalue weighted by atomic mass is 10.2. The number of H-pyrrole nitrogens is 1. The first-order valence-corrected chi connectivity index (χ1v) is 8.91. The summed E-state index contributed by atoms with van der Waals surface area (Å²) in [6, 6.07) is 5.62. The summed E-state index contributed by atoms with van der Waals surface area (Å²) in [6.45, 7) is 0.129. The average Bonchev–Trinajstić information content (AvgIpc) is 3.35. The number of hydrogen-bond acceptors (Lipinski definition) is 4. The summed E-state index contributed by atoms with van der Waals surface area (Å²) in [7, 11) is 0. The van der Waals surface area contributed by atoms with Crippen molar-refractivity contribution in [3.63, 3.8) is 0 Å². The average molecular weight is 395 g/mol. The molecular formula is C19H15F2N7O. The third-order valence-electron chi connectivity index (χ3n) is 4.74. The number of nitrogens with zero attached hydrogens (tertiary/aromatic N) is 5. The minimum Gasteiger partial charge on any atom is -0.345 e. The second-order valence-corrected chi connectivity index (χ2v) is 6.77. The molecule has 4 aromatic rings. The first-order valence-electron chi connectivity index (χ1n) is 8.91. The first-order chi connectivity index (χ1) is 14.1. The molecule has 5 rings (SSSR count). The number of urea groups is 1. The number of imidazole rings is 1. The molecule has 0 bridgehead atoms. The molecule has 1 aliphatic rings. The Morgan fingerprint density at radius 1 is 1.24 bits per heavy atom. The number of halogens is 2. The number of aromatic amines is 1. The van der Waals surface area contributed by atoms with Crippen molar-refractivity contribution in [1.82, 2.24) is 29.6 Å². The number of benzene rings is 1. The number of carbonyl (C=O) groups excluding carboxylic acids is 1. The van der Waals surface area contributed by atoms with Gasteiger partial charge in [-0.05, 0) is 24.3 Å². The zero-order valence-electron chi connectivity index (χ0n) is 15.0. The lowest BCUT2D eigenvalue weighted by Gasteiger charge is -2.34. The van der Waals surface area contributed by atoms with Gasteiger partial charge in [-0.2, -0.15) is 0 Å². The SMILES string of the molecule is O=C(Nc1ccc(F)c(-n2cc3cc(-c4cnc[nH]4)cnc3n2)c1)N1CC(F)C1. The topological polar surface area (TPSA) is 91.7 Å². The standard InChI is InChI=1S/C19H15F2N7O/c20-13-8-27(9-13)19(29)25-14-1-2-15(21)17(4-14)28-7-12-3-11(5-23-18(12)26-28)16-6-22-10-24-16/h1-7,10,13H,8-9H2,(H,22,24)(H,25,29). The maximum atomic E-state index is 14.4. The van der Waals surface area contributed by atoms with Crippen LogP contribution in [0.25, 0.3) is 28.0 Å². The van der Waals surface area contributed by atoms with E-state index in [0.717, 1.165) is 16.6 Å². The highest BCUT2D eigenvalue weighted by Gasteiger charge is 2.30. The molecule has 10 heteroatoms. The van der Waals surface area contributed by atoms with Gasteiger partial charge in [0.1, 0.15) is 17.7 Å². The third kappa shape index (κ3) is 3.18. The highest BCUT2D eigenvalue weighted by Crippen LogP contribution is 2.24. The fourth-order valence-corrected chi connectivity index (χ4v) is 3.16. The van der Waals surface area contributed by atoms with E-state index in [4.69, 9.17) is 0 Å². The van der Waals surface area contributed by atoms with E-state index in [1.807, 2.05) is 6.07 Å². The van der Waals surface area contributed by atoms with E-state index in [9.17, 15) is 13.6 Å². The fraction of sp³-hybridized carbons (Fsp3) is 0.158. The monoisotopic (exact) mass is 395 g/mol. The van der Waals surface area contributed by atoms with E-state index in [1.165, 1.54) is 27.8 Å². The minimum atomic E-state index is -0.986. The third-order valence-corrected chi connectivity index (χ3v) is 4.74. The highest BCUT2D eigenvalue weighted by molar-refractivity contribution is 5.90. The lowest BCUT2D eigenvalue weighted by Crippen LogP contribution is -2.53. The van der Waals surface area contributed by atoms with Crippen LogP contribution in [0.3, 0.4) is 0 Å². The molecule has 1 aliphatic heterocycles. The summed E-state index contributed by atoms with van der Waals surface area (Å²) < 4.78 is 28.7. The maximum absolute atomic E-state index is 14.4. The van der Waals surface area contributed by atoms with Gasteiger partial charge in [0.05, 0.1) is 31.3 Å². The van der Waals surface area contributed by atoms with Crippen molar-refractivity contribution in [2.45, 2.75) is 6.17 Å². The number of alkyl halides is 1. The van der Waals surface area contributed by atoms with Gasteiger partial charge in [-0.25, -0.2) is 28.2 Å². The van der Waals surface area contributed by atoms with Crippen molar-refractivity contribution in [2.75, 3.05) is 18.4 Å². The summed E-state index contributed by atoms with van der Waals surface area (Å²) in [5.41, 5.74) is 2.65. The number of pyridine rings is 1. The summed E-state index contributed by atoms with van der Waals surface area (Å²) in [6.07, 6.45) is 5.59. The van der Waals surface area contributed by atoms with Gasteiger partial charge in [0.25, 0.3) is 0 Å². The Kier molecular flexibility index (Phi) is 3.97. The van der Waals surface area contributed by atoms with Crippen LogP contribution >= 0.6 is 0 Å². The van der Waals surface area contributed by atoms with E-state index in [1.54, 1.807) is 24.9 Å². The quantitative estimate of drug-likeness (QED) is 0.558. The molecule has 2 N–H and O–H groups in total. The molecule has 1 aromatic carbocycles. The Morgan fingerprint density at radius 2 is 2.10 bits per heavy atom. The molecule has 146 valence electrons. The van der Waals surface area contributed by atoms with E-state index in [-0.39, 0.29) is 18.8 Å². The lowest BCUT2D eigenvalue weighted by molar-refractivity contribution is 0.0974. The summed E-state index contributed by atoms with van der Waals surface area (Å²) in [4.78, 5) is 24.7. The number of fused-ring (bicyclic) bond motifs is 1. The van der Waals surface area contributed by atoms with Crippen molar-refractivity contribution < 1.29 is 13.6 Å². The molecule has 0 aliphatic carbocycles. The van der Waals surface area contributed by atoms with E-state index in [0.29, 0.717) is 11.3 Å². The van der Waals surface area contributed by atoms with Gasteiger partial charge in [0.2, 0.25) is 0 Å². The van der Waals surface area contributed by atoms with Gasteiger partial charge in [0.15, 0.2) is 5.65 Å². The molecule has 3 aromatic heterocycles. The van der Waals surface area contributed by atoms with Crippen LogP contribution in [-0.2, 0) is 0 Å². The number of aromatic nitrogens is 5. The van der Waals surface area contributed by atoms with Crippen LogP contribution in [0.1, 0.15) is 0 Å². The fourth-order valence-electron chi connectivity index (χ4n) is 3.16. The molecule has 2 amide bonds. The molecular weight excluding hydrogens is 380 g/mol. The molecule has 1 fully saturated rings. The minimum absolute atomic E-state index is 0.0643. The normalized spacial score (nSPS) is 14.2. The second-order valence-electron chi connectivity index (χ2n) is 6.77. The Morgan fingerprint density at radius 3 is 2.86 bits per heavy atom. The number of likely N-dealkylation sites (tertiary alicyclic amines) is 1. The number of hydrogen-bond donors (Lipinski definition) is 2. The summed E-state index contributed by atoms with van der Waals surface area (Å²) in [5.74, 6) is -0.502. The summed E-state index contributed by atoms with van der Waals surface area (Å²) >= 11 is 0. The number of carbonyl (C=O) groups is 1. The smallest absolute Gasteiger partial charge is 0.322 e. The molecule has 0 atom stereocenters. The van der Waals surface area contributed by atoms with E-state index in [2.05, 4.69) is 25.4 Å². The van der Waals surface area contributed by atoms with E-state index >= 15 is 0 Å². The van der Waals surface area contributed by atoms with Crippen LogP contribution in [0.15, 0.2) is 49.2 Å². The molecule has 1 saturated heterocycles. The van der Waals surface area contributed by atoms with Crippen molar-refractivity contribution in [3.8, 4) is 16.9 Å². The van der Waals surface area contributed by atoms with Gasteiger partial charge in [-0.15, -0.1) is 5.10 Å². The largest absolute Gasteiger partial charge is 0.345 e. The molecule has 29 heavy (non-hydrogen) atoms. The van der Waals surface area contributed by atoms with Crippen molar-refractivity contribution >= 4 is 22.8 Å². The van der Waals surface area contributed by atoms with Crippen LogP contribution in [0.2, 0.25) is 0 Å². The Labute approximate surface area is 163 Å². The van der Waals surface area contributed by atoms with Crippen LogP contribution in [0.4, 0.5) is 19.3 Å². The highest BCUT2D eigenvalue weighted by atomic mass is 19.1. The van der Waals surface area contributed by atoms with Crippen LogP contribution in [0.5, 0.6) is 0 Å². The Bertz CT molecular complexity index is 1200. The van der Waals surface area contributed by atoms with Gasteiger partial charge >= 0.3 is 6.03 Å². The van der Waals surface area contributed by atoms with Crippen molar-refractivity contribution in [3.05, 3.63) is 55.0 Å². The van der Waals surface area contributed by atoms with Crippen LogP contribution < -0.4 is 5.32 Å². The van der Waals surface area contributed by atoms with Gasteiger partial charge in [0, 0.05) is 29.0 Å². The van der Waals surface area contributed by atoms with E-state index < -0.39 is 18.0 Å². The van der Waals surface area contributed by atoms with Crippen molar-refractivity contribution in [1.29, 1.82) is 0 Å².